The largest absolute Gasteiger partial charge is 0.352 e. The zero-order valence-corrected chi connectivity index (χ0v) is 18.3. The van der Waals surface area contributed by atoms with Gasteiger partial charge in [-0.2, -0.15) is 0 Å². The Morgan fingerprint density at radius 1 is 1.14 bits per heavy atom. The molecule has 5 heteroatoms. The van der Waals surface area contributed by atoms with Crippen molar-refractivity contribution in [1.82, 2.24) is 19.8 Å². The van der Waals surface area contributed by atoms with Gasteiger partial charge in [0.15, 0.2) is 5.11 Å². The van der Waals surface area contributed by atoms with E-state index in [4.69, 9.17) is 12.2 Å². The van der Waals surface area contributed by atoms with Gasteiger partial charge in [-0.3, -0.25) is 4.98 Å². The average molecular weight is 397 g/mol. The Labute approximate surface area is 174 Å². The first-order valence-corrected chi connectivity index (χ1v) is 11.1. The number of hydrogen-bond acceptors (Lipinski definition) is 2. The number of aromatic nitrogens is 2. The van der Waals surface area contributed by atoms with Gasteiger partial charge in [0, 0.05) is 29.7 Å². The van der Waals surface area contributed by atoms with Crippen LogP contribution in [-0.2, 0) is 0 Å². The second-order valence-corrected chi connectivity index (χ2v) is 9.00. The van der Waals surface area contributed by atoms with Crippen LogP contribution in [0.2, 0.25) is 0 Å². The molecule has 28 heavy (non-hydrogen) atoms. The Bertz CT molecular complexity index is 836. The molecule has 2 aliphatic rings. The number of nitrogens with one attached hydrogen (secondary N) is 1. The van der Waals surface area contributed by atoms with E-state index in [1.807, 2.05) is 12.3 Å². The summed E-state index contributed by atoms with van der Waals surface area (Å²) >= 11 is 5.89. The molecule has 0 aromatic carbocycles. The average Bonchev–Trinajstić information content (AvgIpc) is 3.18. The molecule has 2 fully saturated rings. The molecular weight excluding hydrogens is 364 g/mol. The van der Waals surface area contributed by atoms with E-state index in [-0.39, 0.29) is 12.1 Å². The highest BCUT2D eigenvalue weighted by atomic mass is 32.1. The zero-order valence-electron chi connectivity index (χ0n) is 17.5. The Morgan fingerprint density at radius 3 is 2.50 bits per heavy atom. The fraction of sp³-hybridized carbons (Fsp3) is 0.565. The number of aryl methyl sites for hydroxylation is 1. The third kappa shape index (κ3) is 3.34. The van der Waals surface area contributed by atoms with Crippen LogP contribution in [0, 0.1) is 13.8 Å². The van der Waals surface area contributed by atoms with Crippen LogP contribution in [-0.4, -0.2) is 25.6 Å². The predicted octanol–water partition coefficient (Wildman–Crippen LogP) is 5.39. The van der Waals surface area contributed by atoms with Crippen LogP contribution in [0.3, 0.4) is 0 Å². The van der Waals surface area contributed by atoms with Gasteiger partial charge >= 0.3 is 0 Å². The van der Waals surface area contributed by atoms with Gasteiger partial charge in [-0.1, -0.05) is 25.3 Å². The third-order valence-corrected chi connectivity index (χ3v) is 6.79. The summed E-state index contributed by atoms with van der Waals surface area (Å²) in [4.78, 5) is 7.20. The second kappa shape index (κ2) is 7.86. The minimum Gasteiger partial charge on any atom is -0.352 e. The van der Waals surface area contributed by atoms with Gasteiger partial charge in [-0.25, -0.2) is 0 Å². The fourth-order valence-electron chi connectivity index (χ4n) is 5.35. The Hall–Kier alpha value is -1.88. The first-order chi connectivity index (χ1) is 13.5. The van der Waals surface area contributed by atoms with Gasteiger partial charge in [-0.15, -0.1) is 0 Å². The highest BCUT2D eigenvalue weighted by Crippen LogP contribution is 2.44. The summed E-state index contributed by atoms with van der Waals surface area (Å²) in [6, 6.07) is 9.82. The van der Waals surface area contributed by atoms with Gasteiger partial charge in [0.2, 0.25) is 0 Å². The normalized spacial score (nSPS) is 23.5. The van der Waals surface area contributed by atoms with E-state index in [1.54, 1.807) is 0 Å². The topological polar surface area (TPSA) is 33.1 Å². The van der Waals surface area contributed by atoms with E-state index >= 15 is 0 Å². The number of nitrogens with zero attached hydrogens (tertiary/aromatic N) is 3. The monoisotopic (exact) mass is 396 g/mol. The van der Waals surface area contributed by atoms with Crippen LogP contribution in [0.5, 0.6) is 0 Å². The SMILES string of the molecule is Cc1cc([C@H]2[C@H](c3ccccn3)NC(=S)N2C2CCCCC2)c(C)n1C(C)C. The molecule has 1 saturated carbocycles. The van der Waals surface area contributed by atoms with E-state index < -0.39 is 0 Å². The quantitative estimate of drug-likeness (QED) is 0.703. The van der Waals surface area contributed by atoms with Crippen molar-refractivity contribution in [2.24, 2.45) is 0 Å². The van der Waals surface area contributed by atoms with Crippen molar-refractivity contribution in [2.45, 2.75) is 84.0 Å². The zero-order chi connectivity index (χ0) is 19.8. The molecule has 150 valence electrons. The Balaban J connectivity index is 1.81. The van der Waals surface area contributed by atoms with Crippen molar-refractivity contribution in [1.29, 1.82) is 0 Å². The number of rotatable bonds is 4. The van der Waals surface area contributed by atoms with E-state index in [1.165, 1.54) is 49.1 Å². The summed E-state index contributed by atoms with van der Waals surface area (Å²) in [6.07, 6.45) is 8.30. The molecule has 0 spiro atoms. The molecule has 4 rings (SSSR count). The lowest BCUT2D eigenvalue weighted by atomic mass is 9.90. The molecular formula is C23H32N4S. The highest BCUT2D eigenvalue weighted by Gasteiger charge is 2.44. The number of hydrogen-bond donors (Lipinski definition) is 1. The molecule has 2 atom stereocenters. The lowest BCUT2D eigenvalue weighted by molar-refractivity contribution is 0.196. The first kappa shape index (κ1) is 19.4. The standard InChI is InChI=1S/C23H32N4S/c1-15(2)26-16(3)14-19(17(26)4)22-21(20-12-8-9-13-24-20)25-23(28)27(22)18-10-6-5-7-11-18/h8-9,12-15,18,21-22H,5-7,10-11H2,1-4H3,(H,25,28)/t21-,22-/m0/s1. The molecule has 0 amide bonds. The summed E-state index contributed by atoms with van der Waals surface area (Å²) in [5, 5.41) is 4.53. The Kier molecular flexibility index (Phi) is 5.46. The van der Waals surface area contributed by atoms with Crippen LogP contribution in [0.4, 0.5) is 0 Å². The fourth-order valence-corrected chi connectivity index (χ4v) is 5.74. The smallest absolute Gasteiger partial charge is 0.170 e. The van der Waals surface area contributed by atoms with Crippen molar-refractivity contribution < 1.29 is 0 Å². The van der Waals surface area contributed by atoms with E-state index in [2.05, 4.69) is 65.7 Å². The van der Waals surface area contributed by atoms with Crippen LogP contribution in [0.25, 0.3) is 0 Å². The number of pyridine rings is 1. The maximum Gasteiger partial charge on any atom is 0.170 e. The molecule has 2 aromatic heterocycles. The summed E-state index contributed by atoms with van der Waals surface area (Å²) < 4.78 is 2.45. The van der Waals surface area contributed by atoms with Crippen molar-refractivity contribution in [2.75, 3.05) is 0 Å². The van der Waals surface area contributed by atoms with Crippen molar-refractivity contribution in [3.8, 4) is 0 Å². The first-order valence-electron chi connectivity index (χ1n) is 10.7. The van der Waals surface area contributed by atoms with E-state index in [9.17, 15) is 0 Å². The second-order valence-electron chi connectivity index (χ2n) is 8.62. The number of thiocarbonyl (C=S) groups is 1. The van der Waals surface area contributed by atoms with Crippen molar-refractivity contribution >= 4 is 17.3 Å². The molecule has 0 radical (unpaired) electrons. The maximum absolute atomic E-state index is 5.89. The van der Waals surface area contributed by atoms with Gasteiger partial charge in [0.05, 0.1) is 17.8 Å². The molecule has 1 aliphatic heterocycles. The van der Waals surface area contributed by atoms with E-state index in [0.29, 0.717) is 12.1 Å². The lowest BCUT2D eigenvalue weighted by Crippen LogP contribution is -2.40. The summed E-state index contributed by atoms with van der Waals surface area (Å²) in [5.41, 5.74) is 5.14. The molecule has 3 heterocycles. The van der Waals surface area contributed by atoms with Gasteiger partial charge in [0.1, 0.15) is 0 Å². The molecule has 2 aromatic rings. The van der Waals surface area contributed by atoms with Crippen LogP contribution in [0.15, 0.2) is 30.5 Å². The van der Waals surface area contributed by atoms with Crippen LogP contribution >= 0.6 is 12.2 Å². The van der Waals surface area contributed by atoms with Crippen LogP contribution < -0.4 is 5.32 Å². The molecule has 1 aliphatic carbocycles. The molecule has 1 N–H and O–H groups in total. The van der Waals surface area contributed by atoms with Gasteiger partial charge in [-0.05, 0) is 76.5 Å². The summed E-state index contributed by atoms with van der Waals surface area (Å²) in [5.74, 6) is 0. The lowest BCUT2D eigenvalue weighted by Gasteiger charge is -2.37. The molecule has 0 unspecified atom stereocenters. The summed E-state index contributed by atoms with van der Waals surface area (Å²) in [7, 11) is 0. The molecule has 4 nitrogen and oxygen atoms in total. The Morgan fingerprint density at radius 2 is 1.89 bits per heavy atom. The molecule has 1 saturated heterocycles. The maximum atomic E-state index is 5.89. The summed E-state index contributed by atoms with van der Waals surface area (Å²) in [6.45, 7) is 9.00. The van der Waals surface area contributed by atoms with Gasteiger partial charge in [0.25, 0.3) is 0 Å². The highest BCUT2D eigenvalue weighted by molar-refractivity contribution is 7.80. The third-order valence-electron chi connectivity index (χ3n) is 6.46. The molecule has 0 bridgehead atoms. The van der Waals surface area contributed by atoms with Crippen LogP contribution in [0.1, 0.15) is 86.7 Å². The van der Waals surface area contributed by atoms with Crippen molar-refractivity contribution in [3.63, 3.8) is 0 Å². The minimum absolute atomic E-state index is 0.0942. The van der Waals surface area contributed by atoms with Crippen molar-refractivity contribution in [3.05, 3.63) is 53.1 Å². The minimum atomic E-state index is 0.0942. The van der Waals surface area contributed by atoms with Gasteiger partial charge < -0.3 is 14.8 Å². The van der Waals surface area contributed by atoms with E-state index in [0.717, 1.165) is 10.8 Å². The predicted molar refractivity (Wildman–Crippen MR) is 118 cm³/mol.